The molecule has 0 bridgehead atoms. The highest BCUT2D eigenvalue weighted by Gasteiger charge is 2.20. The number of nitrogens with zero attached hydrogens (tertiary/aromatic N) is 2. The number of nitrogens with one attached hydrogen (secondary N) is 1. The zero-order valence-electron chi connectivity index (χ0n) is 10.2. The molecule has 1 aromatic heterocycles. The van der Waals surface area contributed by atoms with Crippen molar-refractivity contribution < 1.29 is 4.74 Å². The zero-order chi connectivity index (χ0) is 11.5. The van der Waals surface area contributed by atoms with E-state index in [1.54, 1.807) is 11.8 Å². The highest BCUT2D eigenvalue weighted by atomic mass is 16.5. The van der Waals surface area contributed by atoms with Gasteiger partial charge in [-0.05, 0) is 27.2 Å². The first kappa shape index (κ1) is 12.0. The molecule has 0 fully saturated rings. The molecule has 1 heterocycles. The number of hydrogen-bond donors (Lipinski definition) is 1. The molecule has 1 aromatic rings. The first-order valence-corrected chi connectivity index (χ1v) is 5.24. The average molecular weight is 211 g/mol. The van der Waals surface area contributed by atoms with Crippen molar-refractivity contribution in [3.8, 4) is 0 Å². The van der Waals surface area contributed by atoms with Gasteiger partial charge in [-0.1, -0.05) is 0 Å². The maximum absolute atomic E-state index is 5.39. The van der Waals surface area contributed by atoms with Crippen LogP contribution in [-0.4, -0.2) is 28.5 Å². The molecule has 0 radical (unpaired) electrons. The normalized spacial score (nSPS) is 13.9. The molecule has 0 saturated carbocycles. The van der Waals surface area contributed by atoms with Crippen LogP contribution in [0.3, 0.4) is 0 Å². The van der Waals surface area contributed by atoms with Crippen LogP contribution in [0.1, 0.15) is 27.2 Å². The fourth-order valence-electron chi connectivity index (χ4n) is 1.62. The second kappa shape index (κ2) is 4.66. The number of ether oxygens (including phenoxy) is 1. The Kier molecular flexibility index (Phi) is 3.74. The van der Waals surface area contributed by atoms with Crippen LogP contribution in [0.25, 0.3) is 0 Å². The number of methoxy groups -OCH3 is 1. The summed E-state index contributed by atoms with van der Waals surface area (Å²) in [6.07, 6.45) is 2.87. The van der Waals surface area contributed by atoms with Gasteiger partial charge in [-0.15, -0.1) is 0 Å². The first-order valence-electron chi connectivity index (χ1n) is 5.24. The van der Waals surface area contributed by atoms with Crippen LogP contribution in [0.2, 0.25) is 0 Å². The van der Waals surface area contributed by atoms with E-state index in [9.17, 15) is 0 Å². The summed E-state index contributed by atoms with van der Waals surface area (Å²) >= 11 is 0. The van der Waals surface area contributed by atoms with E-state index >= 15 is 0 Å². The van der Waals surface area contributed by atoms with Gasteiger partial charge in [0.1, 0.15) is 5.82 Å². The number of anilines is 1. The van der Waals surface area contributed by atoms with Gasteiger partial charge in [0.15, 0.2) is 0 Å². The van der Waals surface area contributed by atoms with E-state index in [4.69, 9.17) is 4.74 Å². The van der Waals surface area contributed by atoms with Gasteiger partial charge in [0.05, 0.1) is 5.60 Å². The molecule has 1 rings (SSSR count). The van der Waals surface area contributed by atoms with E-state index in [0.29, 0.717) is 6.04 Å². The second-order valence-corrected chi connectivity index (χ2v) is 4.59. The molecule has 86 valence electrons. The van der Waals surface area contributed by atoms with E-state index in [-0.39, 0.29) is 5.60 Å². The predicted molar refractivity (Wildman–Crippen MR) is 62.0 cm³/mol. The molecular formula is C11H21N3O. The SMILES string of the molecule is COC(C)(C)C[C@@H](C)Nc1ccn(C)n1. The number of aromatic nitrogens is 2. The fourth-order valence-corrected chi connectivity index (χ4v) is 1.62. The molecule has 0 aliphatic rings. The minimum absolute atomic E-state index is 0.0960. The third kappa shape index (κ3) is 3.91. The lowest BCUT2D eigenvalue weighted by molar-refractivity contribution is 0.0128. The van der Waals surface area contributed by atoms with Gasteiger partial charge in [0.25, 0.3) is 0 Å². The van der Waals surface area contributed by atoms with Gasteiger partial charge in [-0.3, -0.25) is 4.68 Å². The van der Waals surface area contributed by atoms with Gasteiger partial charge in [0.2, 0.25) is 0 Å². The Labute approximate surface area is 91.6 Å². The zero-order valence-corrected chi connectivity index (χ0v) is 10.2. The van der Waals surface area contributed by atoms with Crippen LogP contribution >= 0.6 is 0 Å². The summed E-state index contributed by atoms with van der Waals surface area (Å²) in [4.78, 5) is 0. The largest absolute Gasteiger partial charge is 0.379 e. The van der Waals surface area contributed by atoms with Crippen LogP contribution < -0.4 is 5.32 Å². The molecule has 1 atom stereocenters. The van der Waals surface area contributed by atoms with Crippen LogP contribution in [-0.2, 0) is 11.8 Å². The third-order valence-electron chi connectivity index (χ3n) is 2.46. The van der Waals surface area contributed by atoms with Gasteiger partial charge in [-0.25, -0.2) is 0 Å². The highest BCUT2D eigenvalue weighted by molar-refractivity contribution is 5.33. The van der Waals surface area contributed by atoms with Crippen molar-refractivity contribution in [2.75, 3.05) is 12.4 Å². The lowest BCUT2D eigenvalue weighted by atomic mass is 10.00. The molecule has 0 saturated heterocycles. The van der Waals surface area contributed by atoms with Gasteiger partial charge >= 0.3 is 0 Å². The van der Waals surface area contributed by atoms with E-state index in [1.807, 2.05) is 19.3 Å². The molecule has 0 aliphatic carbocycles. The summed E-state index contributed by atoms with van der Waals surface area (Å²) < 4.78 is 7.17. The summed E-state index contributed by atoms with van der Waals surface area (Å²) in [6, 6.07) is 2.31. The van der Waals surface area contributed by atoms with Crippen molar-refractivity contribution in [3.05, 3.63) is 12.3 Å². The van der Waals surface area contributed by atoms with Crippen LogP contribution in [0.5, 0.6) is 0 Å². The standard InChI is InChI=1S/C11H21N3O/c1-9(8-11(2,3)15-5)12-10-6-7-14(4)13-10/h6-7,9H,8H2,1-5H3,(H,12,13)/t9-/m1/s1. The van der Waals surface area contributed by atoms with E-state index in [0.717, 1.165) is 12.2 Å². The van der Waals surface area contributed by atoms with Crippen molar-refractivity contribution in [2.45, 2.75) is 38.8 Å². The molecule has 0 unspecified atom stereocenters. The Hall–Kier alpha value is -1.03. The summed E-state index contributed by atoms with van der Waals surface area (Å²) in [6.45, 7) is 6.31. The molecule has 1 N–H and O–H groups in total. The predicted octanol–water partition coefficient (Wildman–Crippen LogP) is 2.04. The Morgan fingerprint density at radius 2 is 2.27 bits per heavy atom. The van der Waals surface area contributed by atoms with Gasteiger partial charge in [0, 0.05) is 32.5 Å². The molecule has 0 aromatic carbocycles. The second-order valence-electron chi connectivity index (χ2n) is 4.59. The van der Waals surface area contributed by atoms with Gasteiger partial charge in [-0.2, -0.15) is 5.10 Å². The summed E-state index contributed by atoms with van der Waals surface area (Å²) in [5.74, 6) is 0.914. The number of rotatable bonds is 5. The smallest absolute Gasteiger partial charge is 0.148 e. The minimum Gasteiger partial charge on any atom is -0.379 e. The molecule has 4 nitrogen and oxygen atoms in total. The topological polar surface area (TPSA) is 39.1 Å². The van der Waals surface area contributed by atoms with E-state index in [1.165, 1.54) is 0 Å². The van der Waals surface area contributed by atoms with Gasteiger partial charge < -0.3 is 10.1 Å². The molecule has 15 heavy (non-hydrogen) atoms. The summed E-state index contributed by atoms with van der Waals surface area (Å²) in [5, 5.41) is 7.61. The van der Waals surface area contributed by atoms with Crippen LogP contribution in [0.4, 0.5) is 5.82 Å². The molecule has 4 heteroatoms. The first-order chi connectivity index (χ1) is 6.93. The van der Waals surface area contributed by atoms with Crippen LogP contribution in [0, 0.1) is 0 Å². The lowest BCUT2D eigenvalue weighted by Crippen LogP contribution is -2.31. The molecule has 0 aliphatic heterocycles. The maximum Gasteiger partial charge on any atom is 0.148 e. The van der Waals surface area contributed by atoms with Crippen molar-refractivity contribution in [1.29, 1.82) is 0 Å². The van der Waals surface area contributed by atoms with E-state index < -0.39 is 0 Å². The van der Waals surface area contributed by atoms with Crippen LogP contribution in [0.15, 0.2) is 12.3 Å². The lowest BCUT2D eigenvalue weighted by Gasteiger charge is -2.26. The van der Waals surface area contributed by atoms with Crippen molar-refractivity contribution in [2.24, 2.45) is 7.05 Å². The summed E-state index contributed by atoms with van der Waals surface area (Å²) in [7, 11) is 3.66. The Morgan fingerprint density at radius 3 is 2.73 bits per heavy atom. The monoisotopic (exact) mass is 211 g/mol. The Bertz CT molecular complexity index is 307. The molecule has 0 amide bonds. The number of hydrogen-bond acceptors (Lipinski definition) is 3. The van der Waals surface area contributed by atoms with Crippen molar-refractivity contribution >= 4 is 5.82 Å². The maximum atomic E-state index is 5.39. The third-order valence-corrected chi connectivity index (χ3v) is 2.46. The average Bonchev–Trinajstić information content (AvgIpc) is 2.50. The highest BCUT2D eigenvalue weighted by Crippen LogP contribution is 2.17. The fraction of sp³-hybridized carbons (Fsp3) is 0.727. The Balaban J connectivity index is 2.46. The Morgan fingerprint density at radius 1 is 1.60 bits per heavy atom. The minimum atomic E-state index is -0.0960. The number of aryl methyl sites for hydroxylation is 1. The van der Waals surface area contributed by atoms with Crippen molar-refractivity contribution in [1.82, 2.24) is 9.78 Å². The molecule has 0 spiro atoms. The summed E-state index contributed by atoms with van der Waals surface area (Å²) in [5.41, 5.74) is -0.0960. The quantitative estimate of drug-likeness (QED) is 0.810. The van der Waals surface area contributed by atoms with E-state index in [2.05, 4.69) is 31.2 Å². The van der Waals surface area contributed by atoms with Crippen molar-refractivity contribution in [3.63, 3.8) is 0 Å². The molecular weight excluding hydrogens is 190 g/mol.